The van der Waals surface area contributed by atoms with Crippen molar-refractivity contribution >= 4 is 17.6 Å². The zero-order valence-electron chi connectivity index (χ0n) is 15.9. The minimum absolute atomic E-state index is 0.0388. The van der Waals surface area contributed by atoms with Crippen LogP contribution in [0.4, 0.5) is 5.82 Å². The number of hydrogen-bond acceptors (Lipinski definition) is 5. The number of nitrogens with one attached hydrogen (secondary N) is 1. The Morgan fingerprint density at radius 2 is 1.92 bits per heavy atom. The fraction of sp³-hybridized carbons (Fsp3) is 0.722. The molecule has 26 heavy (non-hydrogen) atoms. The summed E-state index contributed by atoms with van der Waals surface area (Å²) in [4.78, 5) is 29.3. The van der Waals surface area contributed by atoms with Crippen LogP contribution in [0.15, 0.2) is 12.3 Å². The molecular weight excluding hydrogens is 334 g/mol. The number of carbonyl (C=O) groups is 2. The smallest absolute Gasteiger partial charge is 0.247 e. The number of piperidine rings is 1. The molecule has 8 nitrogen and oxygen atoms in total. The summed E-state index contributed by atoms with van der Waals surface area (Å²) in [6, 6.07) is 1.87. The Bertz CT molecular complexity index is 643. The van der Waals surface area contributed by atoms with Gasteiger partial charge in [-0.1, -0.05) is 0 Å². The van der Waals surface area contributed by atoms with E-state index in [0.717, 1.165) is 18.7 Å². The third-order valence-corrected chi connectivity index (χ3v) is 5.50. The molecule has 0 aliphatic carbocycles. The first-order chi connectivity index (χ1) is 12.4. The van der Waals surface area contributed by atoms with Crippen molar-refractivity contribution in [2.45, 2.75) is 31.2 Å². The van der Waals surface area contributed by atoms with Gasteiger partial charge in [-0.15, -0.1) is 0 Å². The summed E-state index contributed by atoms with van der Waals surface area (Å²) in [5, 5.41) is 7.59. The maximum atomic E-state index is 12.9. The van der Waals surface area contributed by atoms with Crippen LogP contribution in [0.3, 0.4) is 0 Å². The second kappa shape index (κ2) is 7.65. The predicted molar refractivity (Wildman–Crippen MR) is 97.6 cm³/mol. The van der Waals surface area contributed by atoms with Crippen molar-refractivity contribution in [3.8, 4) is 0 Å². The number of aromatic nitrogens is 2. The number of carbonyl (C=O) groups excluding carboxylic acids is 2. The predicted octanol–water partition coefficient (Wildman–Crippen LogP) is 0.708. The molecule has 1 N–H and O–H groups in total. The van der Waals surface area contributed by atoms with E-state index in [-0.39, 0.29) is 17.7 Å². The summed E-state index contributed by atoms with van der Waals surface area (Å²) in [6.45, 7) is 2.49. The van der Waals surface area contributed by atoms with Crippen LogP contribution in [0.1, 0.15) is 25.7 Å². The van der Waals surface area contributed by atoms with Gasteiger partial charge in [0.1, 0.15) is 11.4 Å². The summed E-state index contributed by atoms with van der Waals surface area (Å²) >= 11 is 0. The van der Waals surface area contributed by atoms with E-state index in [1.807, 2.05) is 18.0 Å². The molecule has 1 aromatic rings. The molecule has 3 rings (SSSR count). The van der Waals surface area contributed by atoms with Crippen LogP contribution in [0.25, 0.3) is 0 Å². The third-order valence-electron chi connectivity index (χ3n) is 5.50. The lowest BCUT2D eigenvalue weighted by molar-refractivity contribution is -0.143. The van der Waals surface area contributed by atoms with Gasteiger partial charge in [-0.3, -0.25) is 14.3 Å². The summed E-state index contributed by atoms with van der Waals surface area (Å²) in [5.41, 5.74) is -0.705. The van der Waals surface area contributed by atoms with Gasteiger partial charge >= 0.3 is 0 Å². The monoisotopic (exact) mass is 363 g/mol. The molecule has 3 heterocycles. The Hall–Kier alpha value is -2.09. The molecule has 0 radical (unpaired) electrons. The fourth-order valence-corrected chi connectivity index (χ4v) is 3.87. The molecule has 0 spiro atoms. The van der Waals surface area contributed by atoms with Crippen molar-refractivity contribution in [1.29, 1.82) is 0 Å². The molecule has 2 fully saturated rings. The van der Waals surface area contributed by atoms with Crippen molar-refractivity contribution in [2.24, 2.45) is 13.0 Å². The highest BCUT2D eigenvalue weighted by Gasteiger charge is 2.44. The molecule has 8 heteroatoms. The van der Waals surface area contributed by atoms with Crippen molar-refractivity contribution in [3.63, 3.8) is 0 Å². The van der Waals surface area contributed by atoms with E-state index in [1.165, 1.54) is 0 Å². The highest BCUT2D eigenvalue weighted by molar-refractivity contribution is 5.89. The van der Waals surface area contributed by atoms with E-state index >= 15 is 0 Å². The minimum atomic E-state index is -0.705. The first-order valence-corrected chi connectivity index (χ1v) is 9.27. The zero-order chi connectivity index (χ0) is 18.7. The number of hydrogen-bond donors (Lipinski definition) is 1. The fourth-order valence-electron chi connectivity index (χ4n) is 3.87. The largest absolute Gasteiger partial charge is 0.381 e. The maximum Gasteiger partial charge on any atom is 0.247 e. The molecule has 0 bridgehead atoms. The molecule has 2 saturated heterocycles. The van der Waals surface area contributed by atoms with E-state index in [1.54, 1.807) is 29.9 Å². The Kier molecular flexibility index (Phi) is 5.50. The molecule has 0 atom stereocenters. The second-order valence-corrected chi connectivity index (χ2v) is 7.46. The normalized spacial score (nSPS) is 20.7. The highest BCUT2D eigenvalue weighted by Crippen LogP contribution is 2.30. The van der Waals surface area contributed by atoms with Crippen LogP contribution in [0.5, 0.6) is 0 Å². The first-order valence-electron chi connectivity index (χ1n) is 9.27. The highest BCUT2D eigenvalue weighted by atomic mass is 16.5. The van der Waals surface area contributed by atoms with Crippen LogP contribution in [0.2, 0.25) is 0 Å². The molecule has 1 aromatic heterocycles. The number of anilines is 1. The molecule has 0 aromatic carbocycles. The summed E-state index contributed by atoms with van der Waals surface area (Å²) in [6.07, 6.45) is 4.48. The standard InChI is InChI=1S/C18H29N5O3/c1-21(2)17(25)18(20-15-4-9-19-22(15)3)7-10-23(11-8-18)16(24)14-5-12-26-13-6-14/h4,9,14,20H,5-8,10-13H2,1-3H3. The molecule has 2 aliphatic rings. The van der Waals surface area contributed by atoms with Crippen LogP contribution in [0, 0.1) is 5.92 Å². The molecule has 0 unspecified atom stereocenters. The van der Waals surface area contributed by atoms with Crippen molar-refractivity contribution in [2.75, 3.05) is 45.7 Å². The van der Waals surface area contributed by atoms with E-state index in [4.69, 9.17) is 4.74 Å². The van der Waals surface area contributed by atoms with Gasteiger partial charge in [-0.2, -0.15) is 5.10 Å². The van der Waals surface area contributed by atoms with Gasteiger partial charge in [0, 0.05) is 59.4 Å². The van der Waals surface area contributed by atoms with Crippen LogP contribution in [-0.2, 0) is 21.4 Å². The minimum Gasteiger partial charge on any atom is -0.381 e. The number of ether oxygens (including phenoxy) is 1. The number of likely N-dealkylation sites (tertiary alicyclic amines) is 1. The number of nitrogens with zero attached hydrogens (tertiary/aromatic N) is 4. The number of rotatable bonds is 4. The summed E-state index contributed by atoms with van der Waals surface area (Å²) in [7, 11) is 5.39. The lowest BCUT2D eigenvalue weighted by Gasteiger charge is -2.43. The molecule has 0 saturated carbocycles. The van der Waals surface area contributed by atoms with Gasteiger partial charge in [-0.25, -0.2) is 0 Å². The van der Waals surface area contributed by atoms with Crippen molar-refractivity contribution in [3.05, 3.63) is 12.3 Å². The molecular formula is C18H29N5O3. The Balaban J connectivity index is 1.71. The van der Waals surface area contributed by atoms with E-state index in [2.05, 4.69) is 10.4 Å². The molecule has 144 valence electrons. The van der Waals surface area contributed by atoms with E-state index in [0.29, 0.717) is 39.1 Å². The maximum absolute atomic E-state index is 12.9. The van der Waals surface area contributed by atoms with Gasteiger partial charge in [0.2, 0.25) is 11.8 Å². The molecule has 2 aliphatic heterocycles. The average molecular weight is 363 g/mol. The molecule has 2 amide bonds. The Morgan fingerprint density at radius 3 is 2.46 bits per heavy atom. The first kappa shape index (κ1) is 18.7. The van der Waals surface area contributed by atoms with Crippen molar-refractivity contribution in [1.82, 2.24) is 19.6 Å². The van der Waals surface area contributed by atoms with E-state index in [9.17, 15) is 9.59 Å². The van der Waals surface area contributed by atoms with Crippen molar-refractivity contribution < 1.29 is 14.3 Å². The number of aryl methyl sites for hydroxylation is 1. The topological polar surface area (TPSA) is 79.7 Å². The van der Waals surface area contributed by atoms with Gasteiger partial charge in [-0.05, 0) is 25.7 Å². The Labute approximate surface area is 154 Å². The van der Waals surface area contributed by atoms with Crippen LogP contribution in [-0.4, -0.2) is 77.3 Å². The zero-order valence-corrected chi connectivity index (χ0v) is 15.9. The Morgan fingerprint density at radius 1 is 1.27 bits per heavy atom. The number of likely N-dealkylation sites (N-methyl/N-ethyl adjacent to an activating group) is 1. The lowest BCUT2D eigenvalue weighted by Crippen LogP contribution is -2.59. The quantitative estimate of drug-likeness (QED) is 0.852. The van der Waals surface area contributed by atoms with Gasteiger partial charge in [0.05, 0.1) is 6.20 Å². The second-order valence-electron chi connectivity index (χ2n) is 7.46. The average Bonchev–Trinajstić information content (AvgIpc) is 3.06. The summed E-state index contributed by atoms with van der Waals surface area (Å²) in [5.74, 6) is 1.12. The number of amides is 2. The SMILES string of the molecule is CN(C)C(=O)C1(Nc2ccnn2C)CCN(C(=O)C2CCOCC2)CC1. The van der Waals surface area contributed by atoms with E-state index < -0.39 is 5.54 Å². The third kappa shape index (κ3) is 3.70. The van der Waals surface area contributed by atoms with Crippen LogP contribution < -0.4 is 5.32 Å². The van der Waals surface area contributed by atoms with Gasteiger partial charge in [0.25, 0.3) is 0 Å². The summed E-state index contributed by atoms with van der Waals surface area (Å²) < 4.78 is 7.09. The van der Waals surface area contributed by atoms with Crippen LogP contribution >= 0.6 is 0 Å². The van der Waals surface area contributed by atoms with Gasteiger partial charge < -0.3 is 19.9 Å². The lowest BCUT2D eigenvalue weighted by atomic mass is 9.85. The van der Waals surface area contributed by atoms with Gasteiger partial charge in [0.15, 0.2) is 0 Å².